The molecule has 0 atom stereocenters. The van der Waals surface area contributed by atoms with E-state index in [1.54, 1.807) is 18.0 Å². The van der Waals surface area contributed by atoms with Gasteiger partial charge in [-0.25, -0.2) is 9.37 Å². The zero-order chi connectivity index (χ0) is 16.5. The molecule has 0 aliphatic rings. The quantitative estimate of drug-likeness (QED) is 0.902. The topological polar surface area (TPSA) is 45.2 Å². The third-order valence-corrected chi connectivity index (χ3v) is 3.61. The summed E-state index contributed by atoms with van der Waals surface area (Å²) < 4.78 is 14.0. The van der Waals surface area contributed by atoms with Crippen LogP contribution in [0.15, 0.2) is 28.7 Å². The van der Waals surface area contributed by atoms with Crippen LogP contribution in [0.5, 0.6) is 0 Å². The molecule has 0 unspecified atom stereocenters. The number of fused-ring (bicyclic) bond motifs is 1. The van der Waals surface area contributed by atoms with E-state index in [-0.39, 0.29) is 23.8 Å². The molecule has 1 N–H and O–H groups in total. The molecule has 0 saturated carbocycles. The molecular formula is C16H19BrFN3O. The first-order chi connectivity index (χ1) is 10.2. The first-order valence-corrected chi connectivity index (χ1v) is 7.73. The highest BCUT2D eigenvalue weighted by Crippen LogP contribution is 2.24. The Labute approximate surface area is 137 Å². The Hall–Kier alpha value is -1.69. The Bertz CT molecular complexity index is 712. The molecule has 118 valence electrons. The van der Waals surface area contributed by atoms with Crippen LogP contribution in [0.25, 0.3) is 10.9 Å². The summed E-state index contributed by atoms with van der Waals surface area (Å²) >= 11 is 3.16. The lowest BCUT2D eigenvalue weighted by Gasteiger charge is -2.24. The Balaban J connectivity index is 2.20. The van der Waals surface area contributed by atoms with E-state index in [9.17, 15) is 9.18 Å². The number of likely N-dealkylation sites (N-methyl/N-ethyl adjacent to an activating group) is 1. The standard InChI is InChI=1S/C16H19BrFN3O/c1-16(2,3)20-15(22)9-21(4)14-6-5-10-7-11(17)12(18)8-13(10)19-14/h5-8H,9H2,1-4H3,(H,20,22). The summed E-state index contributed by atoms with van der Waals surface area (Å²) in [5, 5.41) is 3.74. The largest absolute Gasteiger partial charge is 0.350 e. The highest BCUT2D eigenvalue weighted by atomic mass is 79.9. The molecule has 22 heavy (non-hydrogen) atoms. The summed E-state index contributed by atoms with van der Waals surface area (Å²) in [5.41, 5.74) is 0.283. The maximum atomic E-state index is 13.6. The SMILES string of the molecule is CN(CC(=O)NC(C)(C)C)c1ccc2cc(Br)c(F)cc2n1. The molecule has 1 aromatic heterocycles. The number of rotatable bonds is 3. The molecule has 0 aliphatic carbocycles. The summed E-state index contributed by atoms with van der Waals surface area (Å²) in [6.07, 6.45) is 0. The van der Waals surface area contributed by atoms with E-state index in [0.29, 0.717) is 15.8 Å². The molecule has 4 nitrogen and oxygen atoms in total. The lowest BCUT2D eigenvalue weighted by Crippen LogP contribution is -2.45. The second-order valence-corrected chi connectivity index (χ2v) is 7.14. The number of aromatic nitrogens is 1. The normalized spacial score (nSPS) is 11.5. The fourth-order valence-corrected chi connectivity index (χ4v) is 2.43. The van der Waals surface area contributed by atoms with Crippen LogP contribution in [0.4, 0.5) is 10.2 Å². The van der Waals surface area contributed by atoms with Gasteiger partial charge in [-0.05, 0) is 54.9 Å². The van der Waals surface area contributed by atoms with Gasteiger partial charge in [-0.1, -0.05) is 0 Å². The Morgan fingerprint density at radius 2 is 2.05 bits per heavy atom. The number of nitrogens with zero attached hydrogens (tertiary/aromatic N) is 2. The van der Waals surface area contributed by atoms with Crippen LogP contribution < -0.4 is 10.2 Å². The number of hydrogen-bond donors (Lipinski definition) is 1. The molecule has 1 amide bonds. The smallest absolute Gasteiger partial charge is 0.239 e. The Morgan fingerprint density at radius 1 is 1.36 bits per heavy atom. The average Bonchev–Trinajstić information content (AvgIpc) is 2.37. The highest BCUT2D eigenvalue weighted by Gasteiger charge is 2.16. The van der Waals surface area contributed by atoms with Crippen molar-refractivity contribution in [2.45, 2.75) is 26.3 Å². The minimum absolute atomic E-state index is 0.0844. The molecule has 0 saturated heterocycles. The average molecular weight is 368 g/mol. The van der Waals surface area contributed by atoms with Crippen molar-refractivity contribution >= 4 is 38.6 Å². The van der Waals surface area contributed by atoms with E-state index < -0.39 is 0 Å². The van der Waals surface area contributed by atoms with Gasteiger partial charge in [0.15, 0.2) is 0 Å². The minimum atomic E-state index is -0.356. The van der Waals surface area contributed by atoms with Crippen molar-refractivity contribution in [1.29, 1.82) is 0 Å². The third-order valence-electron chi connectivity index (χ3n) is 3.00. The number of carbonyl (C=O) groups is 1. The van der Waals surface area contributed by atoms with E-state index in [0.717, 1.165) is 5.39 Å². The second kappa shape index (κ2) is 6.20. The van der Waals surface area contributed by atoms with E-state index >= 15 is 0 Å². The molecule has 2 aromatic rings. The molecule has 2 rings (SSSR count). The van der Waals surface area contributed by atoms with Crippen molar-refractivity contribution in [3.8, 4) is 0 Å². The third kappa shape index (κ3) is 4.16. The van der Waals surface area contributed by atoms with Crippen molar-refractivity contribution in [3.63, 3.8) is 0 Å². The molecular weight excluding hydrogens is 349 g/mol. The van der Waals surface area contributed by atoms with Gasteiger partial charge < -0.3 is 10.2 Å². The number of carbonyl (C=O) groups excluding carboxylic acids is 1. The lowest BCUT2D eigenvalue weighted by molar-refractivity contribution is -0.121. The van der Waals surface area contributed by atoms with Crippen LogP contribution in [-0.4, -0.2) is 30.0 Å². The van der Waals surface area contributed by atoms with Gasteiger partial charge in [0.2, 0.25) is 5.91 Å². The van der Waals surface area contributed by atoms with Crippen LogP contribution in [-0.2, 0) is 4.79 Å². The van der Waals surface area contributed by atoms with Crippen LogP contribution >= 0.6 is 15.9 Å². The van der Waals surface area contributed by atoms with Crippen molar-refractivity contribution in [3.05, 3.63) is 34.6 Å². The lowest BCUT2D eigenvalue weighted by atomic mass is 10.1. The van der Waals surface area contributed by atoms with Crippen molar-refractivity contribution in [2.75, 3.05) is 18.5 Å². The molecule has 0 bridgehead atoms. The summed E-state index contributed by atoms with van der Waals surface area (Å²) in [7, 11) is 1.78. The van der Waals surface area contributed by atoms with Crippen LogP contribution in [0.3, 0.4) is 0 Å². The van der Waals surface area contributed by atoms with Crippen molar-refractivity contribution < 1.29 is 9.18 Å². The van der Waals surface area contributed by atoms with Gasteiger partial charge in [-0.15, -0.1) is 0 Å². The number of benzene rings is 1. The number of anilines is 1. The Kier molecular flexibility index (Phi) is 4.70. The monoisotopic (exact) mass is 367 g/mol. The first kappa shape index (κ1) is 16.7. The number of pyridine rings is 1. The minimum Gasteiger partial charge on any atom is -0.350 e. The number of amides is 1. The Morgan fingerprint density at radius 3 is 2.68 bits per heavy atom. The van der Waals surface area contributed by atoms with E-state index in [4.69, 9.17) is 0 Å². The van der Waals surface area contributed by atoms with Gasteiger partial charge in [0.25, 0.3) is 0 Å². The highest BCUT2D eigenvalue weighted by molar-refractivity contribution is 9.10. The van der Waals surface area contributed by atoms with E-state index in [2.05, 4.69) is 26.2 Å². The predicted molar refractivity (Wildman–Crippen MR) is 90.6 cm³/mol. The van der Waals surface area contributed by atoms with Crippen LogP contribution in [0.1, 0.15) is 20.8 Å². The number of hydrogen-bond acceptors (Lipinski definition) is 3. The maximum absolute atomic E-state index is 13.6. The number of halogens is 2. The molecule has 1 aromatic carbocycles. The van der Waals surface area contributed by atoms with Crippen molar-refractivity contribution in [1.82, 2.24) is 10.3 Å². The molecule has 0 spiro atoms. The van der Waals surface area contributed by atoms with Crippen molar-refractivity contribution in [2.24, 2.45) is 0 Å². The fraction of sp³-hybridized carbons (Fsp3) is 0.375. The van der Waals surface area contributed by atoms with Gasteiger partial charge in [0.1, 0.15) is 11.6 Å². The van der Waals surface area contributed by atoms with Gasteiger partial charge in [0, 0.05) is 24.0 Å². The molecule has 6 heteroatoms. The summed E-state index contributed by atoms with van der Waals surface area (Å²) in [4.78, 5) is 18.1. The van der Waals surface area contributed by atoms with Crippen LogP contribution in [0.2, 0.25) is 0 Å². The number of nitrogens with one attached hydrogen (secondary N) is 1. The zero-order valence-electron chi connectivity index (χ0n) is 13.1. The van der Waals surface area contributed by atoms with Crippen LogP contribution in [0, 0.1) is 5.82 Å². The summed E-state index contributed by atoms with van der Waals surface area (Å²) in [5.74, 6) is 0.183. The molecule has 0 radical (unpaired) electrons. The molecule has 0 fully saturated rings. The maximum Gasteiger partial charge on any atom is 0.239 e. The van der Waals surface area contributed by atoms with Gasteiger partial charge in [-0.3, -0.25) is 4.79 Å². The zero-order valence-corrected chi connectivity index (χ0v) is 14.7. The summed E-state index contributed by atoms with van der Waals surface area (Å²) in [6.45, 7) is 5.98. The van der Waals surface area contributed by atoms with E-state index in [1.165, 1.54) is 6.07 Å². The molecule has 1 heterocycles. The molecule has 0 aliphatic heterocycles. The van der Waals surface area contributed by atoms with Gasteiger partial charge in [0.05, 0.1) is 16.5 Å². The first-order valence-electron chi connectivity index (χ1n) is 6.94. The van der Waals surface area contributed by atoms with Gasteiger partial charge in [-0.2, -0.15) is 0 Å². The second-order valence-electron chi connectivity index (χ2n) is 6.28. The van der Waals surface area contributed by atoms with Gasteiger partial charge >= 0.3 is 0 Å². The van der Waals surface area contributed by atoms with E-state index in [1.807, 2.05) is 32.9 Å². The summed E-state index contributed by atoms with van der Waals surface area (Å²) in [6, 6.07) is 6.75. The predicted octanol–water partition coefficient (Wildman–Crippen LogP) is 3.49. The fourth-order valence-electron chi connectivity index (χ4n) is 2.07.